The summed E-state index contributed by atoms with van der Waals surface area (Å²) in [6.45, 7) is 2.18. The predicted molar refractivity (Wildman–Crippen MR) is 135 cm³/mol. The minimum Gasteiger partial charge on any atom is -0.496 e. The van der Waals surface area contributed by atoms with Crippen molar-refractivity contribution in [1.29, 1.82) is 5.26 Å². The number of ether oxygens (including phenoxy) is 1. The van der Waals surface area contributed by atoms with Gasteiger partial charge in [-0.2, -0.15) is 18.4 Å². The van der Waals surface area contributed by atoms with Crippen LogP contribution in [0.25, 0.3) is 11.3 Å². The van der Waals surface area contributed by atoms with Crippen molar-refractivity contribution in [2.45, 2.75) is 44.4 Å². The number of hydrogen-bond acceptors (Lipinski definition) is 5. The number of methoxy groups -OCH3 is 1. The monoisotopic (exact) mass is 539 g/mol. The van der Waals surface area contributed by atoms with Gasteiger partial charge in [-0.25, -0.2) is 0 Å². The van der Waals surface area contributed by atoms with E-state index >= 15 is 0 Å². The highest BCUT2D eigenvalue weighted by molar-refractivity contribution is 6.07. The number of nitriles is 1. The minimum atomic E-state index is -4.56. The molecule has 1 saturated heterocycles. The number of amides is 2. The number of nitrogens with one attached hydrogen (secondary N) is 2. The van der Waals surface area contributed by atoms with Gasteiger partial charge in [0.15, 0.2) is 0 Å². The van der Waals surface area contributed by atoms with Gasteiger partial charge in [-0.3, -0.25) is 14.4 Å². The number of likely N-dealkylation sites (tertiary alicyclic amines) is 1. The van der Waals surface area contributed by atoms with Crippen molar-refractivity contribution in [3.63, 3.8) is 0 Å². The summed E-state index contributed by atoms with van der Waals surface area (Å²) in [5, 5.41) is 12.0. The van der Waals surface area contributed by atoms with Gasteiger partial charge in [0, 0.05) is 31.3 Å². The Labute approximate surface area is 220 Å². The number of pyridine rings is 1. The Bertz CT molecular complexity index is 1600. The Balaban J connectivity index is 1.63. The van der Waals surface area contributed by atoms with E-state index < -0.39 is 35.5 Å². The number of aryl methyl sites for hydroxylation is 1. The molecule has 0 bridgehead atoms. The third-order valence-corrected chi connectivity index (χ3v) is 7.29. The van der Waals surface area contributed by atoms with E-state index in [9.17, 15) is 32.8 Å². The highest BCUT2D eigenvalue weighted by Crippen LogP contribution is 2.41. The van der Waals surface area contributed by atoms with Crippen molar-refractivity contribution < 1.29 is 27.5 Å². The second kappa shape index (κ2) is 9.34. The van der Waals surface area contributed by atoms with Gasteiger partial charge >= 0.3 is 6.18 Å². The zero-order valence-corrected chi connectivity index (χ0v) is 21.1. The predicted octanol–water partition coefficient (Wildman–Crippen LogP) is 3.89. The van der Waals surface area contributed by atoms with Crippen LogP contribution in [0.1, 0.15) is 45.3 Å². The smallest absolute Gasteiger partial charge is 0.393 e. The first-order valence-electron chi connectivity index (χ1n) is 12.2. The molecule has 39 heavy (non-hydrogen) atoms. The molecule has 1 atom stereocenters. The van der Waals surface area contributed by atoms with Crippen LogP contribution in [-0.4, -0.2) is 51.6 Å². The second-order valence-corrected chi connectivity index (χ2v) is 9.77. The number of anilines is 1. The Morgan fingerprint density at radius 2 is 2.03 bits per heavy atom. The van der Waals surface area contributed by atoms with Gasteiger partial charge in [-0.05, 0) is 54.8 Å². The molecular formula is C27H24F3N5O4. The van der Waals surface area contributed by atoms with Crippen molar-refractivity contribution >= 4 is 17.5 Å². The van der Waals surface area contributed by atoms with Crippen molar-refractivity contribution in [3.05, 3.63) is 69.3 Å². The molecule has 5 rings (SSSR count). The number of aromatic amines is 1. The van der Waals surface area contributed by atoms with Gasteiger partial charge in [0.25, 0.3) is 17.4 Å². The molecule has 0 unspecified atom stereocenters. The van der Waals surface area contributed by atoms with Crippen molar-refractivity contribution in [3.8, 4) is 23.1 Å². The van der Waals surface area contributed by atoms with Crippen LogP contribution in [-0.2, 0) is 19.4 Å². The van der Waals surface area contributed by atoms with Crippen LogP contribution in [0, 0.1) is 11.3 Å². The Morgan fingerprint density at radius 1 is 1.26 bits per heavy atom. The molecule has 2 aliphatic heterocycles. The molecule has 2 amide bonds. The third-order valence-electron chi connectivity index (χ3n) is 7.29. The van der Waals surface area contributed by atoms with Crippen LogP contribution in [0.5, 0.6) is 5.75 Å². The fraction of sp³-hybridized carbons (Fsp3) is 0.333. The molecule has 0 radical (unpaired) electrons. The number of fused-ring (bicyclic) bond motifs is 3. The van der Waals surface area contributed by atoms with Crippen LogP contribution in [0.4, 0.5) is 18.9 Å². The van der Waals surface area contributed by atoms with E-state index in [1.165, 1.54) is 47.0 Å². The number of benzene rings is 1. The quantitative estimate of drug-likeness (QED) is 0.510. The van der Waals surface area contributed by atoms with Crippen LogP contribution in [0.3, 0.4) is 0 Å². The number of carbonyl (C=O) groups excluding carboxylic acids is 2. The SMILES string of the molecule is COc1cc2c(cc1C(=O)Nc1ccc[nH]c1=O)-c1c(CC(F)(F)F)cc(C(=O)N3CC[C@]3(C)C#N)n1CC2. The first-order valence-corrected chi connectivity index (χ1v) is 12.2. The van der Waals surface area contributed by atoms with Gasteiger partial charge in [-0.15, -0.1) is 0 Å². The van der Waals surface area contributed by atoms with E-state index in [1.807, 2.05) is 0 Å². The Kier molecular flexibility index (Phi) is 6.25. The first kappa shape index (κ1) is 26.1. The number of rotatable bonds is 5. The maximum atomic E-state index is 13.7. The normalized spacial score (nSPS) is 17.9. The summed E-state index contributed by atoms with van der Waals surface area (Å²) in [5.74, 6) is -1.01. The zero-order chi connectivity index (χ0) is 28.1. The lowest BCUT2D eigenvalue weighted by atomic mass is 9.88. The Morgan fingerprint density at radius 3 is 2.64 bits per heavy atom. The molecule has 1 aromatic carbocycles. The summed E-state index contributed by atoms with van der Waals surface area (Å²) < 4.78 is 47.9. The molecule has 2 aromatic heterocycles. The molecule has 12 heteroatoms. The number of carbonyl (C=O) groups is 2. The van der Waals surface area contributed by atoms with Crippen molar-refractivity contribution in [2.75, 3.05) is 19.0 Å². The summed E-state index contributed by atoms with van der Waals surface area (Å²) in [5.41, 5.74) is -0.388. The summed E-state index contributed by atoms with van der Waals surface area (Å²) in [7, 11) is 1.37. The summed E-state index contributed by atoms with van der Waals surface area (Å²) in [4.78, 5) is 42.5. The van der Waals surface area contributed by atoms with Gasteiger partial charge in [0.05, 0.1) is 30.9 Å². The summed E-state index contributed by atoms with van der Waals surface area (Å²) in [6.07, 6.45) is -3.58. The van der Waals surface area contributed by atoms with Gasteiger partial charge in [-0.1, -0.05) is 0 Å². The molecule has 4 heterocycles. The first-order chi connectivity index (χ1) is 18.5. The van der Waals surface area contributed by atoms with Crippen LogP contribution < -0.4 is 15.6 Å². The number of aromatic nitrogens is 2. The van der Waals surface area contributed by atoms with E-state index in [-0.39, 0.29) is 40.5 Å². The standard InChI is InChI=1S/C27H24F3N5O4/c1-26(14-31)6-9-35(26)25(38)20-10-16(13-27(28,29)30)22-17-12-18(21(39-2)11-15(17)5-8-34(20)22)23(36)33-19-4-3-7-32-24(19)37/h3-4,7,10-12H,5-6,8-9,13H2,1-2H3,(H,32,37)(H,33,36)/t26-/m1/s1. The molecule has 9 nitrogen and oxygen atoms in total. The Hall–Kier alpha value is -4.53. The van der Waals surface area contributed by atoms with Crippen LogP contribution >= 0.6 is 0 Å². The molecule has 0 saturated carbocycles. The maximum Gasteiger partial charge on any atom is 0.393 e. The van der Waals surface area contributed by atoms with E-state index in [2.05, 4.69) is 16.4 Å². The molecule has 2 N–H and O–H groups in total. The lowest BCUT2D eigenvalue weighted by molar-refractivity contribution is -0.127. The maximum absolute atomic E-state index is 13.7. The average Bonchev–Trinajstić information content (AvgIpc) is 3.25. The highest BCUT2D eigenvalue weighted by Gasteiger charge is 2.46. The van der Waals surface area contributed by atoms with Gasteiger partial charge in [0.1, 0.15) is 22.7 Å². The number of alkyl halides is 3. The average molecular weight is 540 g/mol. The van der Waals surface area contributed by atoms with Crippen LogP contribution in [0.15, 0.2) is 41.3 Å². The fourth-order valence-corrected chi connectivity index (χ4v) is 5.16. The molecule has 2 aliphatic rings. The number of nitrogens with zero attached hydrogens (tertiary/aromatic N) is 3. The fourth-order valence-electron chi connectivity index (χ4n) is 5.16. The summed E-state index contributed by atoms with van der Waals surface area (Å²) >= 11 is 0. The van der Waals surface area contributed by atoms with E-state index in [4.69, 9.17) is 4.74 Å². The van der Waals surface area contributed by atoms with Crippen molar-refractivity contribution in [1.82, 2.24) is 14.5 Å². The lowest BCUT2D eigenvalue weighted by Gasteiger charge is -2.45. The second-order valence-electron chi connectivity index (χ2n) is 9.77. The lowest BCUT2D eigenvalue weighted by Crippen LogP contribution is -2.59. The molecule has 0 aliphatic carbocycles. The number of H-pyrrole nitrogens is 1. The van der Waals surface area contributed by atoms with Crippen molar-refractivity contribution in [2.24, 2.45) is 0 Å². The highest BCUT2D eigenvalue weighted by atomic mass is 19.4. The van der Waals surface area contributed by atoms with E-state index in [0.29, 0.717) is 30.5 Å². The molecule has 1 fully saturated rings. The van der Waals surface area contributed by atoms with E-state index in [1.54, 1.807) is 13.0 Å². The zero-order valence-electron chi connectivity index (χ0n) is 21.1. The van der Waals surface area contributed by atoms with Crippen LogP contribution in [0.2, 0.25) is 0 Å². The molecular weight excluding hydrogens is 515 g/mol. The van der Waals surface area contributed by atoms with Gasteiger partial charge in [0.2, 0.25) is 0 Å². The third kappa shape index (κ3) is 4.54. The molecule has 202 valence electrons. The molecule has 0 spiro atoms. The summed E-state index contributed by atoms with van der Waals surface area (Å²) in [6, 6.07) is 9.32. The number of hydrogen-bond donors (Lipinski definition) is 2. The minimum absolute atomic E-state index is 0.00798. The van der Waals surface area contributed by atoms with Gasteiger partial charge < -0.3 is 24.5 Å². The van der Waals surface area contributed by atoms with E-state index in [0.717, 1.165) is 0 Å². The number of halogens is 3. The largest absolute Gasteiger partial charge is 0.496 e. The topological polar surface area (TPSA) is 120 Å². The molecule has 3 aromatic rings.